The predicted molar refractivity (Wildman–Crippen MR) is 115 cm³/mol. The van der Waals surface area contributed by atoms with Crippen molar-refractivity contribution in [1.29, 1.82) is 0 Å². The van der Waals surface area contributed by atoms with Gasteiger partial charge in [0.2, 0.25) is 11.6 Å². The Morgan fingerprint density at radius 3 is 2.63 bits per heavy atom. The number of aromatic nitrogens is 4. The summed E-state index contributed by atoms with van der Waals surface area (Å²) in [7, 11) is 0. The maximum atomic E-state index is 12.8. The molecule has 0 bridgehead atoms. The Morgan fingerprint density at radius 2 is 1.87 bits per heavy atom. The summed E-state index contributed by atoms with van der Waals surface area (Å²) in [6, 6.07) is 7.03. The first-order valence-corrected chi connectivity index (χ1v) is 10.7. The number of nitrogens with one attached hydrogen (secondary N) is 1. The van der Waals surface area contributed by atoms with Gasteiger partial charge in [0.15, 0.2) is 0 Å². The van der Waals surface area contributed by atoms with Crippen LogP contribution >= 0.6 is 11.6 Å². The van der Waals surface area contributed by atoms with Gasteiger partial charge in [-0.2, -0.15) is 0 Å². The van der Waals surface area contributed by atoms with Crippen LogP contribution in [0.2, 0.25) is 5.02 Å². The minimum atomic E-state index is -0.252. The summed E-state index contributed by atoms with van der Waals surface area (Å²) in [6.07, 6.45) is 7.63. The van der Waals surface area contributed by atoms with Crippen molar-refractivity contribution < 1.29 is 4.79 Å². The SMILES string of the molecule is O=C(CCCc1nnc2c(=O)n(-c3ccc(Cl)cc3)ccn12)NCCN1CCCC1. The van der Waals surface area contributed by atoms with Crippen molar-refractivity contribution in [3.63, 3.8) is 0 Å². The number of benzene rings is 1. The number of nitrogens with zero attached hydrogens (tertiary/aromatic N) is 5. The number of amides is 1. The zero-order valence-electron chi connectivity index (χ0n) is 16.8. The number of carbonyl (C=O) groups excluding carboxylic acids is 1. The van der Waals surface area contributed by atoms with Gasteiger partial charge in [-0.05, 0) is 56.6 Å². The molecule has 30 heavy (non-hydrogen) atoms. The van der Waals surface area contributed by atoms with Crippen LogP contribution < -0.4 is 10.9 Å². The smallest absolute Gasteiger partial charge is 0.300 e. The third-order valence-corrected chi connectivity index (χ3v) is 5.65. The molecular weight excluding hydrogens is 404 g/mol. The molecule has 1 fully saturated rings. The quantitative estimate of drug-likeness (QED) is 0.593. The van der Waals surface area contributed by atoms with Gasteiger partial charge in [-0.1, -0.05) is 11.6 Å². The van der Waals surface area contributed by atoms with Gasteiger partial charge < -0.3 is 10.2 Å². The summed E-state index contributed by atoms with van der Waals surface area (Å²) in [5, 5.41) is 11.8. The van der Waals surface area contributed by atoms with Crippen molar-refractivity contribution in [3.8, 4) is 5.69 Å². The Bertz CT molecular complexity index is 1070. The third-order valence-electron chi connectivity index (χ3n) is 5.40. The molecule has 1 aliphatic rings. The number of halogens is 1. The van der Waals surface area contributed by atoms with Gasteiger partial charge in [0.05, 0.1) is 0 Å². The first-order chi connectivity index (χ1) is 14.6. The van der Waals surface area contributed by atoms with E-state index in [0.717, 1.165) is 19.6 Å². The van der Waals surface area contributed by atoms with Crippen LogP contribution in [0.3, 0.4) is 0 Å². The zero-order chi connectivity index (χ0) is 20.9. The largest absolute Gasteiger partial charge is 0.355 e. The second-order valence-corrected chi connectivity index (χ2v) is 7.95. The molecule has 1 N–H and O–H groups in total. The monoisotopic (exact) mass is 428 g/mol. The highest BCUT2D eigenvalue weighted by atomic mass is 35.5. The van der Waals surface area contributed by atoms with E-state index in [-0.39, 0.29) is 17.1 Å². The Labute approximate surface area is 179 Å². The molecule has 0 radical (unpaired) electrons. The van der Waals surface area contributed by atoms with Gasteiger partial charge in [0, 0.05) is 49.0 Å². The van der Waals surface area contributed by atoms with Crippen molar-refractivity contribution in [2.24, 2.45) is 0 Å². The maximum absolute atomic E-state index is 12.8. The molecule has 0 unspecified atom stereocenters. The topological polar surface area (TPSA) is 84.5 Å². The molecule has 1 saturated heterocycles. The first-order valence-electron chi connectivity index (χ1n) is 10.3. The summed E-state index contributed by atoms with van der Waals surface area (Å²) >= 11 is 5.92. The molecule has 9 heteroatoms. The highest BCUT2D eigenvalue weighted by Crippen LogP contribution is 2.13. The fraction of sp³-hybridized carbons (Fsp3) is 0.429. The molecular formula is C21H25ClN6O2. The lowest BCUT2D eigenvalue weighted by molar-refractivity contribution is -0.121. The zero-order valence-corrected chi connectivity index (χ0v) is 17.5. The highest BCUT2D eigenvalue weighted by Gasteiger charge is 2.13. The van der Waals surface area contributed by atoms with Crippen LogP contribution in [0.15, 0.2) is 41.5 Å². The molecule has 0 atom stereocenters. The van der Waals surface area contributed by atoms with Crippen molar-refractivity contribution in [1.82, 2.24) is 29.4 Å². The number of fused-ring (bicyclic) bond motifs is 1. The third kappa shape index (κ3) is 4.71. The lowest BCUT2D eigenvalue weighted by Gasteiger charge is -2.14. The molecule has 4 rings (SSSR count). The van der Waals surface area contributed by atoms with Crippen molar-refractivity contribution in [2.45, 2.75) is 32.1 Å². The average molecular weight is 429 g/mol. The van der Waals surface area contributed by atoms with E-state index in [1.165, 1.54) is 17.4 Å². The fourth-order valence-electron chi connectivity index (χ4n) is 3.77. The molecule has 1 aromatic carbocycles. The Balaban J connectivity index is 1.33. The second-order valence-electron chi connectivity index (χ2n) is 7.51. The molecule has 1 amide bonds. The van der Waals surface area contributed by atoms with Gasteiger partial charge in [0.1, 0.15) is 5.82 Å². The van der Waals surface area contributed by atoms with Crippen LogP contribution in [0.25, 0.3) is 11.3 Å². The molecule has 0 aliphatic carbocycles. The van der Waals surface area contributed by atoms with E-state index in [0.29, 0.717) is 42.3 Å². The molecule has 8 nitrogen and oxygen atoms in total. The predicted octanol–water partition coefficient (Wildman–Crippen LogP) is 2.07. The minimum Gasteiger partial charge on any atom is -0.355 e. The minimum absolute atomic E-state index is 0.0492. The summed E-state index contributed by atoms with van der Waals surface area (Å²) in [5.41, 5.74) is 0.720. The first kappa shape index (κ1) is 20.6. The normalized spacial score (nSPS) is 14.4. The van der Waals surface area contributed by atoms with Crippen LogP contribution in [0.5, 0.6) is 0 Å². The number of hydrogen-bond acceptors (Lipinski definition) is 5. The standard InChI is InChI=1S/C21H25ClN6O2/c22-16-6-8-17(9-7-16)27-14-15-28-18(24-25-20(28)21(27)30)4-3-5-19(29)23-10-13-26-11-1-2-12-26/h6-9,14-15H,1-5,10-13H2,(H,23,29). The van der Waals surface area contributed by atoms with Crippen LogP contribution in [0.4, 0.5) is 0 Å². The van der Waals surface area contributed by atoms with E-state index in [2.05, 4.69) is 20.4 Å². The van der Waals surface area contributed by atoms with Gasteiger partial charge in [-0.25, -0.2) is 0 Å². The summed E-state index contributed by atoms with van der Waals surface area (Å²) in [5.74, 6) is 0.725. The van der Waals surface area contributed by atoms with E-state index < -0.39 is 0 Å². The van der Waals surface area contributed by atoms with Crippen molar-refractivity contribution >= 4 is 23.2 Å². The lowest BCUT2D eigenvalue weighted by Crippen LogP contribution is -2.33. The Morgan fingerprint density at radius 1 is 1.10 bits per heavy atom. The summed E-state index contributed by atoms with van der Waals surface area (Å²) in [6.45, 7) is 3.88. The van der Waals surface area contributed by atoms with Crippen molar-refractivity contribution in [2.75, 3.05) is 26.2 Å². The van der Waals surface area contributed by atoms with Gasteiger partial charge in [-0.3, -0.25) is 18.6 Å². The van der Waals surface area contributed by atoms with E-state index in [9.17, 15) is 9.59 Å². The number of hydrogen-bond donors (Lipinski definition) is 1. The molecule has 158 valence electrons. The van der Waals surface area contributed by atoms with E-state index in [4.69, 9.17) is 11.6 Å². The molecule has 3 aromatic rings. The summed E-state index contributed by atoms with van der Waals surface area (Å²) in [4.78, 5) is 27.2. The number of carbonyl (C=O) groups is 1. The van der Waals surface area contributed by atoms with Gasteiger partial charge in [-0.15, -0.1) is 10.2 Å². The van der Waals surface area contributed by atoms with E-state index in [1.54, 1.807) is 41.1 Å². The number of likely N-dealkylation sites (tertiary alicyclic amines) is 1. The van der Waals surface area contributed by atoms with Crippen LogP contribution in [-0.4, -0.2) is 56.2 Å². The lowest BCUT2D eigenvalue weighted by atomic mass is 10.2. The average Bonchev–Trinajstić information content (AvgIpc) is 3.40. The highest BCUT2D eigenvalue weighted by molar-refractivity contribution is 6.30. The fourth-order valence-corrected chi connectivity index (χ4v) is 3.89. The molecule has 0 spiro atoms. The van der Waals surface area contributed by atoms with E-state index >= 15 is 0 Å². The van der Waals surface area contributed by atoms with Crippen LogP contribution in [0.1, 0.15) is 31.5 Å². The number of aryl methyl sites for hydroxylation is 1. The van der Waals surface area contributed by atoms with E-state index in [1.807, 2.05) is 0 Å². The molecule has 2 aromatic heterocycles. The van der Waals surface area contributed by atoms with Crippen LogP contribution in [-0.2, 0) is 11.2 Å². The maximum Gasteiger partial charge on any atom is 0.300 e. The number of rotatable bonds is 8. The molecule has 1 aliphatic heterocycles. The Hall–Kier alpha value is -2.71. The van der Waals surface area contributed by atoms with Crippen molar-refractivity contribution in [3.05, 3.63) is 57.9 Å². The summed E-state index contributed by atoms with van der Waals surface area (Å²) < 4.78 is 3.21. The molecule has 0 saturated carbocycles. The molecule has 3 heterocycles. The van der Waals surface area contributed by atoms with Gasteiger partial charge in [0.25, 0.3) is 0 Å². The Kier molecular flexibility index (Phi) is 6.44. The van der Waals surface area contributed by atoms with Gasteiger partial charge >= 0.3 is 5.56 Å². The van der Waals surface area contributed by atoms with Crippen LogP contribution in [0, 0.1) is 0 Å². The second kappa shape index (κ2) is 9.40.